The number of aromatic nitrogens is 1. The Hall–Kier alpha value is -3.15. The summed E-state index contributed by atoms with van der Waals surface area (Å²) < 4.78 is 5.59. The van der Waals surface area contributed by atoms with E-state index in [1.54, 1.807) is 31.2 Å². The third-order valence-electron chi connectivity index (χ3n) is 4.43. The highest BCUT2D eigenvalue weighted by molar-refractivity contribution is 5.83. The van der Waals surface area contributed by atoms with Gasteiger partial charge in [-0.15, -0.1) is 0 Å². The van der Waals surface area contributed by atoms with Crippen LogP contribution in [0, 0.1) is 0 Å². The molecule has 0 radical (unpaired) electrons. The molecule has 2 N–H and O–H groups in total. The molecule has 1 atom stereocenters. The Morgan fingerprint density at radius 3 is 2.50 bits per heavy atom. The molecule has 0 bridgehead atoms. The maximum absolute atomic E-state index is 12.2. The molecule has 3 rings (SSSR count). The Morgan fingerprint density at radius 2 is 1.81 bits per heavy atom. The normalized spacial score (nSPS) is 13.3. The lowest BCUT2D eigenvalue weighted by Crippen LogP contribution is -2.44. The molecule has 0 saturated carbocycles. The largest absolute Gasteiger partial charge is 0.481 e. The van der Waals surface area contributed by atoms with Gasteiger partial charge in [-0.25, -0.2) is 4.98 Å². The first-order valence-corrected chi connectivity index (χ1v) is 8.39. The lowest BCUT2D eigenvalue weighted by Gasteiger charge is -2.25. The summed E-state index contributed by atoms with van der Waals surface area (Å²) in [4.78, 5) is 28.2. The van der Waals surface area contributed by atoms with E-state index in [9.17, 15) is 14.7 Å². The maximum Gasteiger partial charge on any atom is 0.315 e. The molecular formula is C20H20N2O4. The predicted molar refractivity (Wildman–Crippen MR) is 96.8 cm³/mol. The highest BCUT2D eigenvalue weighted by Crippen LogP contribution is 2.23. The van der Waals surface area contributed by atoms with E-state index in [1.807, 2.05) is 30.3 Å². The molecule has 0 aliphatic carbocycles. The summed E-state index contributed by atoms with van der Waals surface area (Å²) in [6, 6.07) is 16.3. The van der Waals surface area contributed by atoms with Crippen LogP contribution in [0.1, 0.15) is 24.8 Å². The SMILES string of the molecule is CC(CNC(=O)CCc1nc2ccccc2o1)(C(=O)O)c1ccccc1. The summed E-state index contributed by atoms with van der Waals surface area (Å²) in [6.07, 6.45) is 0.535. The van der Waals surface area contributed by atoms with Crippen LogP contribution in [-0.2, 0) is 21.4 Å². The molecule has 1 unspecified atom stereocenters. The van der Waals surface area contributed by atoms with Gasteiger partial charge < -0.3 is 14.8 Å². The van der Waals surface area contributed by atoms with Gasteiger partial charge in [-0.2, -0.15) is 0 Å². The fourth-order valence-corrected chi connectivity index (χ4v) is 2.72. The van der Waals surface area contributed by atoms with Crippen molar-refractivity contribution in [2.45, 2.75) is 25.2 Å². The van der Waals surface area contributed by atoms with E-state index in [0.29, 0.717) is 23.5 Å². The molecule has 0 aliphatic heterocycles. The van der Waals surface area contributed by atoms with Crippen LogP contribution >= 0.6 is 0 Å². The van der Waals surface area contributed by atoms with Crippen LogP contribution in [0.5, 0.6) is 0 Å². The Bertz CT molecular complexity index is 887. The average molecular weight is 352 g/mol. The number of hydrogen-bond acceptors (Lipinski definition) is 4. The zero-order valence-electron chi connectivity index (χ0n) is 14.4. The Morgan fingerprint density at radius 1 is 1.12 bits per heavy atom. The number of amides is 1. The fraction of sp³-hybridized carbons (Fsp3) is 0.250. The standard InChI is InChI=1S/C20H20N2O4/c1-20(19(24)25,14-7-3-2-4-8-14)13-21-17(23)11-12-18-22-15-9-5-6-10-16(15)26-18/h2-10H,11-13H2,1H3,(H,21,23)(H,24,25). The van der Waals surface area contributed by atoms with Gasteiger partial charge in [0.25, 0.3) is 0 Å². The second-order valence-electron chi connectivity index (χ2n) is 6.36. The summed E-state index contributed by atoms with van der Waals surface area (Å²) in [6.45, 7) is 1.62. The first-order chi connectivity index (χ1) is 12.5. The molecule has 6 nitrogen and oxygen atoms in total. The minimum absolute atomic E-state index is 0.0126. The Balaban J connectivity index is 1.59. The number of rotatable bonds is 7. The highest BCUT2D eigenvalue weighted by Gasteiger charge is 2.35. The summed E-state index contributed by atoms with van der Waals surface area (Å²) in [7, 11) is 0. The minimum atomic E-state index is -1.19. The van der Waals surface area contributed by atoms with Crippen molar-refractivity contribution in [2.75, 3.05) is 6.54 Å². The number of nitrogens with one attached hydrogen (secondary N) is 1. The Labute approximate surface area is 150 Å². The van der Waals surface area contributed by atoms with E-state index in [-0.39, 0.29) is 18.9 Å². The maximum atomic E-state index is 12.2. The molecule has 1 amide bonds. The number of nitrogens with zero attached hydrogens (tertiary/aromatic N) is 1. The topological polar surface area (TPSA) is 92.4 Å². The van der Waals surface area contributed by atoms with Crippen molar-refractivity contribution in [2.24, 2.45) is 0 Å². The second-order valence-corrected chi connectivity index (χ2v) is 6.36. The van der Waals surface area contributed by atoms with Gasteiger partial charge in [0.2, 0.25) is 5.91 Å². The van der Waals surface area contributed by atoms with Gasteiger partial charge >= 0.3 is 5.97 Å². The van der Waals surface area contributed by atoms with Crippen LogP contribution in [0.4, 0.5) is 0 Å². The molecule has 6 heteroatoms. The number of fused-ring (bicyclic) bond motifs is 1. The highest BCUT2D eigenvalue weighted by atomic mass is 16.4. The Kier molecular flexibility index (Phi) is 5.02. The van der Waals surface area contributed by atoms with Crippen molar-refractivity contribution in [3.05, 3.63) is 66.1 Å². The van der Waals surface area contributed by atoms with Crippen molar-refractivity contribution in [1.29, 1.82) is 0 Å². The van der Waals surface area contributed by atoms with Crippen LogP contribution in [0.15, 0.2) is 59.0 Å². The van der Waals surface area contributed by atoms with Crippen LogP contribution in [0.2, 0.25) is 0 Å². The van der Waals surface area contributed by atoms with Gasteiger partial charge in [0, 0.05) is 19.4 Å². The van der Waals surface area contributed by atoms with Gasteiger partial charge in [0.15, 0.2) is 11.5 Å². The van der Waals surface area contributed by atoms with Gasteiger partial charge in [-0.1, -0.05) is 42.5 Å². The number of oxazole rings is 1. The summed E-state index contributed by atoms with van der Waals surface area (Å²) >= 11 is 0. The molecule has 0 spiro atoms. The molecule has 1 aromatic heterocycles. The first kappa shape index (κ1) is 17.7. The van der Waals surface area contributed by atoms with Crippen LogP contribution in [0.3, 0.4) is 0 Å². The quantitative estimate of drug-likeness (QED) is 0.682. The lowest BCUT2D eigenvalue weighted by atomic mass is 9.82. The first-order valence-electron chi connectivity index (χ1n) is 8.39. The molecule has 1 heterocycles. The molecule has 0 fully saturated rings. The average Bonchev–Trinajstić information content (AvgIpc) is 3.08. The smallest absolute Gasteiger partial charge is 0.315 e. The van der Waals surface area contributed by atoms with Gasteiger partial charge in [-0.05, 0) is 24.6 Å². The molecule has 0 aliphatic rings. The van der Waals surface area contributed by atoms with Gasteiger partial charge in [0.05, 0.1) is 0 Å². The summed E-state index contributed by atoms with van der Waals surface area (Å²) in [5, 5.41) is 12.3. The number of aliphatic carboxylic acids is 1. The van der Waals surface area contributed by atoms with E-state index < -0.39 is 11.4 Å². The molecule has 134 valence electrons. The number of benzene rings is 2. The number of carboxylic acids is 1. The number of aryl methyl sites for hydroxylation is 1. The predicted octanol–water partition coefficient (Wildman–Crippen LogP) is 2.92. The van der Waals surface area contributed by atoms with Crippen molar-refractivity contribution in [3.8, 4) is 0 Å². The van der Waals surface area contributed by atoms with Crippen LogP contribution in [-0.4, -0.2) is 28.5 Å². The van der Waals surface area contributed by atoms with Gasteiger partial charge in [0.1, 0.15) is 10.9 Å². The summed E-state index contributed by atoms with van der Waals surface area (Å²) in [5.41, 5.74) is 0.900. The molecule has 2 aromatic carbocycles. The number of carboxylic acid groups (broad SMARTS) is 1. The molecule has 3 aromatic rings. The van der Waals surface area contributed by atoms with E-state index >= 15 is 0 Å². The van der Waals surface area contributed by atoms with Gasteiger partial charge in [-0.3, -0.25) is 9.59 Å². The van der Waals surface area contributed by atoms with Crippen LogP contribution < -0.4 is 5.32 Å². The third-order valence-corrected chi connectivity index (χ3v) is 4.43. The number of carbonyl (C=O) groups is 2. The zero-order chi connectivity index (χ0) is 18.6. The molecule has 0 saturated heterocycles. The van der Waals surface area contributed by atoms with E-state index in [4.69, 9.17) is 4.42 Å². The number of hydrogen-bond donors (Lipinski definition) is 2. The van der Waals surface area contributed by atoms with E-state index in [2.05, 4.69) is 10.3 Å². The van der Waals surface area contributed by atoms with Crippen molar-refractivity contribution >= 4 is 23.0 Å². The number of para-hydroxylation sites is 2. The number of carbonyl (C=O) groups excluding carboxylic acids is 1. The van der Waals surface area contributed by atoms with Crippen molar-refractivity contribution in [1.82, 2.24) is 10.3 Å². The zero-order valence-corrected chi connectivity index (χ0v) is 14.4. The fourth-order valence-electron chi connectivity index (χ4n) is 2.72. The molecular weight excluding hydrogens is 332 g/mol. The van der Waals surface area contributed by atoms with E-state index in [1.165, 1.54) is 0 Å². The third kappa shape index (κ3) is 3.74. The van der Waals surface area contributed by atoms with E-state index in [0.717, 1.165) is 5.52 Å². The van der Waals surface area contributed by atoms with Crippen LogP contribution in [0.25, 0.3) is 11.1 Å². The summed E-state index contributed by atoms with van der Waals surface area (Å²) in [5.74, 6) is -0.732. The van der Waals surface area contributed by atoms with Crippen molar-refractivity contribution < 1.29 is 19.1 Å². The molecule has 26 heavy (non-hydrogen) atoms. The lowest BCUT2D eigenvalue weighted by molar-refractivity contribution is -0.143. The van der Waals surface area contributed by atoms with Crippen molar-refractivity contribution in [3.63, 3.8) is 0 Å². The minimum Gasteiger partial charge on any atom is -0.481 e. The monoisotopic (exact) mass is 352 g/mol. The second kappa shape index (κ2) is 7.39.